The standard InChI is InChI=1S/C14H13FN2O2S/c15-10-1-2-12-13(6-10)19-4-3-17(12)7-11-5-9(8-20-11)14(16)18/h1-2,5-6,8H,3-4,7H2,(H2,16,18). The first kappa shape index (κ1) is 12.9. The molecule has 4 nitrogen and oxygen atoms in total. The van der Waals surface area contributed by atoms with Crippen LogP contribution in [0.2, 0.25) is 0 Å². The molecule has 1 aliphatic heterocycles. The topological polar surface area (TPSA) is 55.6 Å². The van der Waals surface area contributed by atoms with Gasteiger partial charge in [-0.05, 0) is 18.2 Å². The lowest BCUT2D eigenvalue weighted by molar-refractivity contribution is 0.100. The summed E-state index contributed by atoms with van der Waals surface area (Å²) in [6.45, 7) is 1.90. The first-order chi connectivity index (χ1) is 9.63. The molecule has 2 aromatic rings. The Labute approximate surface area is 119 Å². The van der Waals surface area contributed by atoms with E-state index in [-0.39, 0.29) is 5.82 Å². The second-order valence-corrected chi connectivity index (χ2v) is 5.54. The normalized spacial score (nSPS) is 13.8. The molecule has 0 saturated carbocycles. The van der Waals surface area contributed by atoms with Gasteiger partial charge in [0.1, 0.15) is 18.2 Å². The highest BCUT2D eigenvalue weighted by Gasteiger charge is 2.19. The fourth-order valence-corrected chi connectivity index (χ4v) is 3.08. The van der Waals surface area contributed by atoms with Gasteiger partial charge in [0.15, 0.2) is 0 Å². The molecular weight excluding hydrogens is 279 g/mol. The maximum atomic E-state index is 13.2. The molecule has 3 rings (SSSR count). The van der Waals surface area contributed by atoms with E-state index in [1.165, 1.54) is 23.5 Å². The van der Waals surface area contributed by atoms with Gasteiger partial charge in [0.2, 0.25) is 5.91 Å². The molecule has 1 aliphatic rings. The summed E-state index contributed by atoms with van der Waals surface area (Å²) in [5, 5.41) is 1.75. The molecule has 0 unspecified atom stereocenters. The molecule has 0 bridgehead atoms. The molecule has 0 radical (unpaired) electrons. The minimum Gasteiger partial charge on any atom is -0.489 e. The number of benzene rings is 1. The first-order valence-corrected chi connectivity index (χ1v) is 7.06. The molecule has 1 aromatic heterocycles. The van der Waals surface area contributed by atoms with Gasteiger partial charge in [-0.15, -0.1) is 11.3 Å². The van der Waals surface area contributed by atoms with Crippen molar-refractivity contribution in [2.75, 3.05) is 18.1 Å². The first-order valence-electron chi connectivity index (χ1n) is 6.18. The molecule has 0 spiro atoms. The lowest BCUT2D eigenvalue weighted by atomic mass is 10.2. The molecule has 0 fully saturated rings. The smallest absolute Gasteiger partial charge is 0.249 e. The van der Waals surface area contributed by atoms with E-state index in [2.05, 4.69) is 4.90 Å². The Bertz CT molecular complexity index is 656. The number of anilines is 1. The van der Waals surface area contributed by atoms with Crippen LogP contribution in [-0.2, 0) is 6.54 Å². The molecule has 0 aliphatic carbocycles. The van der Waals surface area contributed by atoms with Crippen molar-refractivity contribution < 1.29 is 13.9 Å². The molecule has 6 heteroatoms. The summed E-state index contributed by atoms with van der Waals surface area (Å²) < 4.78 is 18.7. The van der Waals surface area contributed by atoms with Gasteiger partial charge in [-0.1, -0.05) is 0 Å². The fraction of sp³-hybridized carbons (Fsp3) is 0.214. The van der Waals surface area contributed by atoms with Crippen LogP contribution in [0.4, 0.5) is 10.1 Å². The highest BCUT2D eigenvalue weighted by molar-refractivity contribution is 7.10. The molecule has 1 aromatic carbocycles. The molecule has 0 atom stereocenters. The van der Waals surface area contributed by atoms with E-state index in [0.717, 1.165) is 17.1 Å². The highest BCUT2D eigenvalue weighted by Crippen LogP contribution is 2.33. The number of fused-ring (bicyclic) bond motifs is 1. The zero-order valence-corrected chi connectivity index (χ0v) is 11.5. The van der Waals surface area contributed by atoms with E-state index in [9.17, 15) is 9.18 Å². The summed E-state index contributed by atoms with van der Waals surface area (Å²) in [6.07, 6.45) is 0. The van der Waals surface area contributed by atoms with Crippen LogP contribution in [0.25, 0.3) is 0 Å². The monoisotopic (exact) mass is 292 g/mol. The van der Waals surface area contributed by atoms with Crippen LogP contribution in [-0.4, -0.2) is 19.1 Å². The number of nitrogens with zero attached hydrogens (tertiary/aromatic N) is 1. The van der Waals surface area contributed by atoms with E-state index in [1.54, 1.807) is 17.5 Å². The van der Waals surface area contributed by atoms with Crippen molar-refractivity contribution >= 4 is 22.9 Å². The van der Waals surface area contributed by atoms with Gasteiger partial charge in [-0.25, -0.2) is 4.39 Å². The summed E-state index contributed by atoms with van der Waals surface area (Å²) in [6, 6.07) is 6.33. The van der Waals surface area contributed by atoms with Crippen LogP contribution in [0.1, 0.15) is 15.2 Å². The third-order valence-electron chi connectivity index (χ3n) is 3.17. The van der Waals surface area contributed by atoms with Crippen molar-refractivity contribution in [2.45, 2.75) is 6.54 Å². The Balaban J connectivity index is 1.83. The zero-order chi connectivity index (χ0) is 14.1. The van der Waals surface area contributed by atoms with Gasteiger partial charge in [0, 0.05) is 16.3 Å². The summed E-state index contributed by atoms with van der Waals surface area (Å²) in [7, 11) is 0. The van der Waals surface area contributed by atoms with E-state index < -0.39 is 5.91 Å². The molecule has 2 heterocycles. The summed E-state index contributed by atoms with van der Waals surface area (Å²) in [4.78, 5) is 14.2. The van der Waals surface area contributed by atoms with Crippen molar-refractivity contribution in [1.82, 2.24) is 0 Å². The Morgan fingerprint density at radius 1 is 1.45 bits per heavy atom. The van der Waals surface area contributed by atoms with Gasteiger partial charge in [0.05, 0.1) is 24.3 Å². The lowest BCUT2D eigenvalue weighted by Crippen LogP contribution is -2.31. The van der Waals surface area contributed by atoms with Crippen LogP contribution in [0.15, 0.2) is 29.6 Å². The predicted octanol–water partition coefficient (Wildman–Crippen LogP) is 2.39. The maximum absolute atomic E-state index is 13.2. The maximum Gasteiger partial charge on any atom is 0.249 e. The van der Waals surface area contributed by atoms with Crippen LogP contribution in [0, 0.1) is 5.82 Å². The number of primary amides is 1. The number of rotatable bonds is 3. The van der Waals surface area contributed by atoms with Crippen LogP contribution in [0.3, 0.4) is 0 Å². The second-order valence-electron chi connectivity index (χ2n) is 4.55. The third kappa shape index (κ3) is 2.46. The second kappa shape index (κ2) is 5.13. The minimum absolute atomic E-state index is 0.308. The molecular formula is C14H13FN2O2S. The molecule has 0 saturated heterocycles. The van der Waals surface area contributed by atoms with E-state index >= 15 is 0 Å². The van der Waals surface area contributed by atoms with E-state index in [1.807, 2.05) is 0 Å². The summed E-state index contributed by atoms with van der Waals surface area (Å²) >= 11 is 1.49. The highest BCUT2D eigenvalue weighted by atomic mass is 32.1. The van der Waals surface area contributed by atoms with Crippen molar-refractivity contribution in [3.05, 3.63) is 45.9 Å². The number of thiophene rings is 1. The number of carbonyl (C=O) groups excluding carboxylic acids is 1. The van der Waals surface area contributed by atoms with Gasteiger partial charge >= 0.3 is 0 Å². The number of carbonyl (C=O) groups is 1. The van der Waals surface area contributed by atoms with Crippen molar-refractivity contribution in [3.8, 4) is 5.75 Å². The Morgan fingerprint density at radius 2 is 2.30 bits per heavy atom. The quantitative estimate of drug-likeness (QED) is 0.945. The predicted molar refractivity (Wildman–Crippen MR) is 75.8 cm³/mol. The van der Waals surface area contributed by atoms with Gasteiger partial charge < -0.3 is 15.4 Å². The number of halogens is 1. The average molecular weight is 292 g/mol. The molecule has 1 amide bonds. The molecule has 104 valence electrons. The number of hydrogen-bond acceptors (Lipinski definition) is 4. The van der Waals surface area contributed by atoms with Gasteiger partial charge in [-0.3, -0.25) is 4.79 Å². The van der Waals surface area contributed by atoms with Crippen molar-refractivity contribution in [1.29, 1.82) is 0 Å². The molecule has 2 N–H and O–H groups in total. The Hall–Kier alpha value is -2.08. The lowest BCUT2D eigenvalue weighted by Gasteiger charge is -2.30. The van der Waals surface area contributed by atoms with E-state index in [4.69, 9.17) is 10.5 Å². The SMILES string of the molecule is NC(=O)c1csc(CN2CCOc3cc(F)ccc32)c1. The Kier molecular flexibility index (Phi) is 3.31. The summed E-state index contributed by atoms with van der Waals surface area (Å²) in [5.41, 5.74) is 6.64. The number of ether oxygens (including phenoxy) is 1. The van der Waals surface area contributed by atoms with E-state index in [0.29, 0.717) is 24.5 Å². The van der Waals surface area contributed by atoms with Crippen LogP contribution in [0.5, 0.6) is 5.75 Å². The van der Waals surface area contributed by atoms with Gasteiger partial charge in [0.25, 0.3) is 0 Å². The third-order valence-corrected chi connectivity index (χ3v) is 4.09. The van der Waals surface area contributed by atoms with Gasteiger partial charge in [-0.2, -0.15) is 0 Å². The number of amides is 1. The average Bonchev–Trinajstić information content (AvgIpc) is 2.87. The number of hydrogen-bond donors (Lipinski definition) is 1. The van der Waals surface area contributed by atoms with Crippen molar-refractivity contribution in [2.24, 2.45) is 5.73 Å². The largest absolute Gasteiger partial charge is 0.489 e. The zero-order valence-electron chi connectivity index (χ0n) is 10.6. The fourth-order valence-electron chi connectivity index (χ4n) is 2.20. The summed E-state index contributed by atoms with van der Waals surface area (Å²) in [5.74, 6) is -0.169. The molecule has 20 heavy (non-hydrogen) atoms. The van der Waals surface area contributed by atoms with Crippen molar-refractivity contribution in [3.63, 3.8) is 0 Å². The Morgan fingerprint density at radius 3 is 3.05 bits per heavy atom. The van der Waals surface area contributed by atoms with Crippen LogP contribution >= 0.6 is 11.3 Å². The minimum atomic E-state index is -0.419. The number of nitrogens with two attached hydrogens (primary N) is 1. The van der Waals surface area contributed by atoms with Crippen LogP contribution < -0.4 is 15.4 Å².